The third kappa shape index (κ3) is 2.41. The fraction of sp³-hybridized carbons (Fsp3) is 0.923. The van der Waals surface area contributed by atoms with E-state index >= 15 is 0 Å². The first kappa shape index (κ1) is 12.7. The molecule has 0 aromatic heterocycles. The highest BCUT2D eigenvalue weighted by Gasteiger charge is 2.48. The molecule has 17 heavy (non-hydrogen) atoms. The van der Waals surface area contributed by atoms with Crippen molar-refractivity contribution in [3.63, 3.8) is 0 Å². The van der Waals surface area contributed by atoms with E-state index < -0.39 is 0 Å². The summed E-state index contributed by atoms with van der Waals surface area (Å²) in [7, 11) is 0. The smallest absolute Gasteiger partial charge is 0.191 e. The van der Waals surface area contributed by atoms with Crippen LogP contribution in [0.15, 0.2) is 4.99 Å². The summed E-state index contributed by atoms with van der Waals surface area (Å²) in [5, 5.41) is 0. The topological polar surface area (TPSA) is 50.8 Å². The molecule has 0 radical (unpaired) electrons. The monoisotopic (exact) mass is 239 g/mol. The molecule has 98 valence electrons. The number of nitrogens with two attached hydrogens (primary N) is 1. The van der Waals surface area contributed by atoms with E-state index in [0.717, 1.165) is 38.5 Å². The summed E-state index contributed by atoms with van der Waals surface area (Å²) in [6.45, 7) is 11.4. The number of rotatable bonds is 2. The summed E-state index contributed by atoms with van der Waals surface area (Å²) >= 11 is 0. The first-order valence-corrected chi connectivity index (χ1v) is 6.56. The molecule has 0 bridgehead atoms. The maximum atomic E-state index is 6.06. The molecular weight excluding hydrogens is 214 g/mol. The van der Waals surface area contributed by atoms with Crippen molar-refractivity contribution in [3.8, 4) is 0 Å². The molecule has 1 fully saturated rings. The van der Waals surface area contributed by atoms with Crippen molar-refractivity contribution in [2.24, 2.45) is 16.6 Å². The van der Waals surface area contributed by atoms with Gasteiger partial charge >= 0.3 is 0 Å². The molecule has 0 aromatic rings. The quantitative estimate of drug-likeness (QED) is 0.796. The van der Waals surface area contributed by atoms with Gasteiger partial charge in [-0.3, -0.25) is 4.99 Å². The number of ether oxygens (including phenoxy) is 1. The van der Waals surface area contributed by atoms with Gasteiger partial charge in [-0.25, -0.2) is 0 Å². The van der Waals surface area contributed by atoms with Crippen LogP contribution in [0, 0.1) is 5.92 Å². The van der Waals surface area contributed by atoms with E-state index in [1.807, 2.05) is 0 Å². The van der Waals surface area contributed by atoms with Gasteiger partial charge in [0.2, 0.25) is 0 Å². The fourth-order valence-electron chi connectivity index (χ4n) is 3.11. The van der Waals surface area contributed by atoms with Crippen molar-refractivity contribution in [2.75, 3.05) is 19.7 Å². The van der Waals surface area contributed by atoms with Crippen LogP contribution >= 0.6 is 0 Å². The third-order valence-corrected chi connectivity index (χ3v) is 3.75. The van der Waals surface area contributed by atoms with Gasteiger partial charge in [-0.15, -0.1) is 0 Å². The van der Waals surface area contributed by atoms with Gasteiger partial charge < -0.3 is 15.4 Å². The summed E-state index contributed by atoms with van der Waals surface area (Å²) in [5.41, 5.74) is 6.10. The number of hydrogen-bond donors (Lipinski definition) is 1. The Morgan fingerprint density at radius 1 is 1.47 bits per heavy atom. The van der Waals surface area contributed by atoms with E-state index in [9.17, 15) is 0 Å². The Balaban J connectivity index is 2.18. The Bertz CT molecular complexity index is 325. The van der Waals surface area contributed by atoms with Crippen LogP contribution in [0.5, 0.6) is 0 Å². The first-order chi connectivity index (χ1) is 7.85. The second-order valence-corrected chi connectivity index (χ2v) is 6.44. The van der Waals surface area contributed by atoms with Crippen molar-refractivity contribution in [1.29, 1.82) is 0 Å². The zero-order chi connectivity index (χ0) is 12.7. The second-order valence-electron chi connectivity index (χ2n) is 6.44. The lowest BCUT2D eigenvalue weighted by molar-refractivity contribution is -0.102. The Hall–Kier alpha value is -0.770. The minimum atomic E-state index is -0.0619. The van der Waals surface area contributed by atoms with E-state index in [2.05, 4.69) is 37.6 Å². The highest BCUT2D eigenvalue weighted by molar-refractivity contribution is 5.81. The van der Waals surface area contributed by atoms with Crippen molar-refractivity contribution >= 4 is 5.96 Å². The van der Waals surface area contributed by atoms with E-state index in [-0.39, 0.29) is 11.1 Å². The van der Waals surface area contributed by atoms with Gasteiger partial charge in [0.05, 0.1) is 17.7 Å². The van der Waals surface area contributed by atoms with Crippen LogP contribution in [0.2, 0.25) is 0 Å². The maximum absolute atomic E-state index is 6.06. The number of guanidine groups is 1. The minimum absolute atomic E-state index is 0.0619. The molecule has 2 rings (SSSR count). The van der Waals surface area contributed by atoms with Gasteiger partial charge in [-0.1, -0.05) is 13.8 Å². The molecule has 0 amide bonds. The summed E-state index contributed by atoms with van der Waals surface area (Å²) in [5.74, 6) is 1.32. The van der Waals surface area contributed by atoms with E-state index in [1.165, 1.54) is 0 Å². The lowest BCUT2D eigenvalue weighted by Gasteiger charge is -2.48. The van der Waals surface area contributed by atoms with Crippen molar-refractivity contribution in [3.05, 3.63) is 0 Å². The van der Waals surface area contributed by atoms with Crippen molar-refractivity contribution in [1.82, 2.24) is 4.90 Å². The first-order valence-electron chi connectivity index (χ1n) is 6.56. The SMILES string of the molecule is CC(C)CN1C(N)=NCC12CCOC(C)(C)C2. The van der Waals surface area contributed by atoms with Gasteiger partial charge in [0.25, 0.3) is 0 Å². The standard InChI is InChI=1S/C13H25N3O/c1-10(2)7-16-11(14)15-9-13(16)5-6-17-12(3,4)8-13/h10H,5-9H2,1-4H3,(H2,14,15). The van der Waals surface area contributed by atoms with Crippen LogP contribution in [0.3, 0.4) is 0 Å². The summed E-state index contributed by atoms with van der Waals surface area (Å²) < 4.78 is 5.82. The minimum Gasteiger partial charge on any atom is -0.375 e. The Morgan fingerprint density at radius 3 is 2.76 bits per heavy atom. The number of hydrogen-bond acceptors (Lipinski definition) is 4. The maximum Gasteiger partial charge on any atom is 0.191 e. The van der Waals surface area contributed by atoms with Gasteiger partial charge in [0.15, 0.2) is 5.96 Å². The average molecular weight is 239 g/mol. The molecule has 1 saturated heterocycles. The van der Waals surface area contributed by atoms with E-state index in [0.29, 0.717) is 5.92 Å². The highest BCUT2D eigenvalue weighted by Crippen LogP contribution is 2.39. The third-order valence-electron chi connectivity index (χ3n) is 3.75. The van der Waals surface area contributed by atoms with E-state index in [4.69, 9.17) is 10.5 Å². The van der Waals surface area contributed by atoms with Crippen molar-refractivity contribution in [2.45, 2.75) is 51.7 Å². The molecule has 2 N–H and O–H groups in total. The van der Waals surface area contributed by atoms with Gasteiger partial charge in [0, 0.05) is 19.6 Å². The van der Waals surface area contributed by atoms with Gasteiger partial charge in [-0.05, 0) is 26.2 Å². The Labute approximate surface area is 104 Å². The number of nitrogens with zero attached hydrogens (tertiary/aromatic N) is 2. The molecule has 4 heteroatoms. The molecule has 2 aliphatic heterocycles. The molecule has 0 aromatic carbocycles. The predicted molar refractivity (Wildman–Crippen MR) is 70.0 cm³/mol. The molecule has 1 spiro atoms. The summed E-state index contributed by atoms with van der Waals surface area (Å²) in [4.78, 5) is 6.80. The molecule has 0 saturated carbocycles. The predicted octanol–water partition coefficient (Wildman–Crippen LogP) is 1.60. The lowest BCUT2D eigenvalue weighted by Crippen LogP contribution is -2.59. The normalized spacial score (nSPS) is 32.3. The summed E-state index contributed by atoms with van der Waals surface area (Å²) in [6.07, 6.45) is 2.05. The summed E-state index contributed by atoms with van der Waals surface area (Å²) in [6, 6.07) is 0. The molecular formula is C13H25N3O. The average Bonchev–Trinajstić information content (AvgIpc) is 2.45. The molecule has 4 nitrogen and oxygen atoms in total. The molecule has 1 unspecified atom stereocenters. The molecule has 2 heterocycles. The lowest BCUT2D eigenvalue weighted by atomic mass is 9.80. The Kier molecular flexibility index (Phi) is 3.10. The highest BCUT2D eigenvalue weighted by atomic mass is 16.5. The van der Waals surface area contributed by atoms with Crippen LogP contribution in [0.25, 0.3) is 0 Å². The Morgan fingerprint density at radius 2 is 2.18 bits per heavy atom. The van der Waals surface area contributed by atoms with Crippen LogP contribution in [0.1, 0.15) is 40.5 Å². The van der Waals surface area contributed by atoms with Crippen molar-refractivity contribution < 1.29 is 4.74 Å². The molecule has 1 atom stereocenters. The number of aliphatic imine (C=N–C) groups is 1. The van der Waals surface area contributed by atoms with Crippen LogP contribution in [-0.2, 0) is 4.74 Å². The fourth-order valence-corrected chi connectivity index (χ4v) is 3.11. The van der Waals surface area contributed by atoms with Gasteiger partial charge in [0.1, 0.15) is 0 Å². The van der Waals surface area contributed by atoms with Crippen LogP contribution in [0.4, 0.5) is 0 Å². The zero-order valence-corrected chi connectivity index (χ0v) is 11.5. The van der Waals surface area contributed by atoms with E-state index in [1.54, 1.807) is 0 Å². The molecule has 0 aliphatic carbocycles. The second kappa shape index (κ2) is 4.16. The van der Waals surface area contributed by atoms with Crippen LogP contribution < -0.4 is 5.73 Å². The van der Waals surface area contributed by atoms with Crippen LogP contribution in [-0.4, -0.2) is 41.7 Å². The zero-order valence-electron chi connectivity index (χ0n) is 11.5. The largest absolute Gasteiger partial charge is 0.375 e. The molecule has 2 aliphatic rings. The van der Waals surface area contributed by atoms with Gasteiger partial charge in [-0.2, -0.15) is 0 Å².